The molecule has 4 nitrogen and oxygen atoms in total. The molecular weight excluding hydrogens is 240 g/mol. The third kappa shape index (κ3) is 3.70. The SMILES string of the molecule is CCCCN1CCN(c2ccc(C(=O)O)cc2)CC1. The lowest BCUT2D eigenvalue weighted by Gasteiger charge is -2.36. The Balaban J connectivity index is 1.88. The smallest absolute Gasteiger partial charge is 0.335 e. The van der Waals surface area contributed by atoms with Crippen molar-refractivity contribution in [3.63, 3.8) is 0 Å². The minimum Gasteiger partial charge on any atom is -0.478 e. The van der Waals surface area contributed by atoms with E-state index in [1.165, 1.54) is 19.4 Å². The molecule has 1 heterocycles. The van der Waals surface area contributed by atoms with Crippen molar-refractivity contribution in [3.8, 4) is 0 Å². The Kier molecular flexibility index (Phi) is 4.80. The van der Waals surface area contributed by atoms with Crippen molar-refractivity contribution in [2.24, 2.45) is 0 Å². The summed E-state index contributed by atoms with van der Waals surface area (Å²) in [5.41, 5.74) is 1.48. The van der Waals surface area contributed by atoms with Crippen molar-refractivity contribution >= 4 is 11.7 Å². The Bertz CT molecular complexity index is 409. The molecule has 0 unspecified atom stereocenters. The maximum absolute atomic E-state index is 10.8. The number of carbonyl (C=O) groups is 1. The number of carboxylic acid groups (broad SMARTS) is 1. The number of nitrogens with zero attached hydrogens (tertiary/aromatic N) is 2. The highest BCUT2D eigenvalue weighted by atomic mass is 16.4. The zero-order valence-electron chi connectivity index (χ0n) is 11.5. The van der Waals surface area contributed by atoms with E-state index in [2.05, 4.69) is 16.7 Å². The molecule has 0 atom stereocenters. The quantitative estimate of drug-likeness (QED) is 0.884. The summed E-state index contributed by atoms with van der Waals surface area (Å²) >= 11 is 0. The fraction of sp³-hybridized carbons (Fsp3) is 0.533. The topological polar surface area (TPSA) is 43.8 Å². The predicted molar refractivity (Wildman–Crippen MR) is 77.0 cm³/mol. The summed E-state index contributed by atoms with van der Waals surface area (Å²) in [6.07, 6.45) is 2.52. The Morgan fingerprint density at radius 1 is 1.16 bits per heavy atom. The molecule has 1 aliphatic heterocycles. The van der Waals surface area contributed by atoms with Gasteiger partial charge in [0, 0.05) is 31.9 Å². The molecule has 1 aromatic carbocycles. The molecule has 2 rings (SSSR count). The molecule has 1 saturated heterocycles. The molecule has 0 spiro atoms. The lowest BCUT2D eigenvalue weighted by molar-refractivity contribution is 0.0697. The van der Waals surface area contributed by atoms with Crippen LogP contribution in [0.5, 0.6) is 0 Å². The van der Waals surface area contributed by atoms with Crippen LogP contribution in [0.4, 0.5) is 5.69 Å². The van der Waals surface area contributed by atoms with Crippen LogP contribution in [0, 0.1) is 0 Å². The third-order valence-corrected chi connectivity index (χ3v) is 3.68. The third-order valence-electron chi connectivity index (χ3n) is 3.68. The second kappa shape index (κ2) is 6.57. The molecule has 0 aliphatic carbocycles. The van der Waals surface area contributed by atoms with Gasteiger partial charge in [-0.05, 0) is 37.2 Å². The fourth-order valence-corrected chi connectivity index (χ4v) is 2.43. The van der Waals surface area contributed by atoms with E-state index in [9.17, 15) is 4.79 Å². The van der Waals surface area contributed by atoms with Crippen molar-refractivity contribution in [1.29, 1.82) is 0 Å². The van der Waals surface area contributed by atoms with E-state index in [1.807, 2.05) is 12.1 Å². The van der Waals surface area contributed by atoms with Gasteiger partial charge < -0.3 is 10.0 Å². The van der Waals surface area contributed by atoms with Crippen LogP contribution in [-0.2, 0) is 0 Å². The van der Waals surface area contributed by atoms with E-state index in [-0.39, 0.29) is 0 Å². The van der Waals surface area contributed by atoms with Gasteiger partial charge in [0.05, 0.1) is 5.56 Å². The molecule has 1 aliphatic rings. The normalized spacial score (nSPS) is 16.6. The molecule has 0 radical (unpaired) electrons. The van der Waals surface area contributed by atoms with E-state index in [0.29, 0.717) is 5.56 Å². The number of rotatable bonds is 5. The van der Waals surface area contributed by atoms with Gasteiger partial charge >= 0.3 is 5.97 Å². The monoisotopic (exact) mass is 262 g/mol. The van der Waals surface area contributed by atoms with Crippen molar-refractivity contribution in [2.75, 3.05) is 37.6 Å². The summed E-state index contributed by atoms with van der Waals surface area (Å²) in [7, 11) is 0. The maximum Gasteiger partial charge on any atom is 0.335 e. The van der Waals surface area contributed by atoms with E-state index < -0.39 is 5.97 Å². The lowest BCUT2D eigenvalue weighted by atomic mass is 10.2. The summed E-state index contributed by atoms with van der Waals surface area (Å²) in [4.78, 5) is 15.6. The molecular formula is C15H22N2O2. The molecule has 0 bridgehead atoms. The van der Waals surface area contributed by atoms with Crippen molar-refractivity contribution in [2.45, 2.75) is 19.8 Å². The first kappa shape index (κ1) is 13.9. The van der Waals surface area contributed by atoms with Gasteiger partial charge in [0.25, 0.3) is 0 Å². The van der Waals surface area contributed by atoms with Crippen molar-refractivity contribution in [3.05, 3.63) is 29.8 Å². The number of benzene rings is 1. The highest BCUT2D eigenvalue weighted by Crippen LogP contribution is 2.17. The average molecular weight is 262 g/mol. The van der Waals surface area contributed by atoms with Gasteiger partial charge in [-0.15, -0.1) is 0 Å². The second-order valence-corrected chi connectivity index (χ2v) is 5.03. The first-order chi connectivity index (χ1) is 9.20. The number of anilines is 1. The van der Waals surface area contributed by atoms with Crippen LogP contribution in [0.3, 0.4) is 0 Å². The zero-order valence-corrected chi connectivity index (χ0v) is 11.5. The van der Waals surface area contributed by atoms with Crippen LogP contribution in [-0.4, -0.2) is 48.7 Å². The van der Waals surface area contributed by atoms with E-state index >= 15 is 0 Å². The number of unbranched alkanes of at least 4 members (excludes halogenated alkanes) is 1. The highest BCUT2D eigenvalue weighted by molar-refractivity contribution is 5.88. The number of hydrogen-bond donors (Lipinski definition) is 1. The minimum atomic E-state index is -0.865. The highest BCUT2D eigenvalue weighted by Gasteiger charge is 2.16. The maximum atomic E-state index is 10.8. The van der Waals surface area contributed by atoms with Gasteiger partial charge in [-0.1, -0.05) is 13.3 Å². The first-order valence-electron chi connectivity index (χ1n) is 7.01. The lowest BCUT2D eigenvalue weighted by Crippen LogP contribution is -2.46. The Hall–Kier alpha value is -1.55. The number of piperazine rings is 1. The van der Waals surface area contributed by atoms with Crippen LogP contribution in [0.15, 0.2) is 24.3 Å². The van der Waals surface area contributed by atoms with Crippen molar-refractivity contribution < 1.29 is 9.90 Å². The predicted octanol–water partition coefficient (Wildman–Crippen LogP) is 2.31. The summed E-state index contributed by atoms with van der Waals surface area (Å²) in [5, 5.41) is 8.88. The Morgan fingerprint density at radius 3 is 2.32 bits per heavy atom. The Labute approximate surface area is 114 Å². The van der Waals surface area contributed by atoms with E-state index in [0.717, 1.165) is 31.9 Å². The van der Waals surface area contributed by atoms with Crippen LogP contribution in [0.1, 0.15) is 30.1 Å². The number of hydrogen-bond acceptors (Lipinski definition) is 3. The molecule has 4 heteroatoms. The second-order valence-electron chi connectivity index (χ2n) is 5.03. The number of aromatic carboxylic acids is 1. The van der Waals surface area contributed by atoms with Gasteiger partial charge in [0.1, 0.15) is 0 Å². The van der Waals surface area contributed by atoms with E-state index in [4.69, 9.17) is 5.11 Å². The molecule has 1 fully saturated rings. The number of carboxylic acids is 1. The van der Waals surface area contributed by atoms with Crippen LogP contribution in [0.25, 0.3) is 0 Å². The van der Waals surface area contributed by atoms with Gasteiger partial charge in [-0.25, -0.2) is 4.79 Å². The first-order valence-corrected chi connectivity index (χ1v) is 7.01. The fourth-order valence-electron chi connectivity index (χ4n) is 2.43. The molecule has 0 aromatic heterocycles. The average Bonchev–Trinajstić information content (AvgIpc) is 2.46. The summed E-state index contributed by atoms with van der Waals surface area (Å²) in [6.45, 7) is 7.66. The van der Waals surface area contributed by atoms with Gasteiger partial charge in [0.15, 0.2) is 0 Å². The molecule has 1 N–H and O–H groups in total. The van der Waals surface area contributed by atoms with Gasteiger partial charge in [0.2, 0.25) is 0 Å². The standard InChI is InChI=1S/C15H22N2O2/c1-2-3-8-16-9-11-17(12-10-16)14-6-4-13(5-7-14)15(18)19/h4-7H,2-3,8-12H2,1H3,(H,18,19). The molecule has 0 saturated carbocycles. The molecule has 19 heavy (non-hydrogen) atoms. The Morgan fingerprint density at radius 2 is 1.79 bits per heavy atom. The van der Waals surface area contributed by atoms with Crippen LogP contribution in [0.2, 0.25) is 0 Å². The summed E-state index contributed by atoms with van der Waals surface area (Å²) in [5.74, 6) is -0.865. The molecule has 0 amide bonds. The van der Waals surface area contributed by atoms with Gasteiger partial charge in [-0.3, -0.25) is 4.90 Å². The summed E-state index contributed by atoms with van der Waals surface area (Å²) in [6, 6.07) is 7.18. The minimum absolute atomic E-state index is 0.352. The summed E-state index contributed by atoms with van der Waals surface area (Å²) < 4.78 is 0. The van der Waals surface area contributed by atoms with Crippen LogP contribution < -0.4 is 4.90 Å². The van der Waals surface area contributed by atoms with Gasteiger partial charge in [-0.2, -0.15) is 0 Å². The van der Waals surface area contributed by atoms with Crippen LogP contribution >= 0.6 is 0 Å². The van der Waals surface area contributed by atoms with E-state index in [1.54, 1.807) is 12.1 Å². The van der Waals surface area contributed by atoms with Crippen molar-refractivity contribution in [1.82, 2.24) is 4.90 Å². The largest absolute Gasteiger partial charge is 0.478 e. The molecule has 1 aromatic rings. The zero-order chi connectivity index (χ0) is 13.7. The molecule has 104 valence electrons.